The molecule has 0 aromatic carbocycles. The van der Waals surface area contributed by atoms with E-state index >= 15 is 0 Å². The molecule has 0 fully saturated rings. The molecule has 4 heteroatoms. The lowest BCUT2D eigenvalue weighted by molar-refractivity contribution is 1.34. The largest absolute Gasteiger partial charge is 0.312 e. The summed E-state index contributed by atoms with van der Waals surface area (Å²) >= 11 is 2.86. The van der Waals surface area contributed by atoms with E-state index in [0.29, 0.717) is 0 Å². The summed E-state index contributed by atoms with van der Waals surface area (Å²) in [5.41, 5.74) is 2.16. The highest BCUT2D eigenvalue weighted by molar-refractivity contribution is 7.14. The van der Waals surface area contributed by atoms with Crippen LogP contribution in [0.4, 0.5) is 0 Å². The zero-order chi connectivity index (χ0) is 8.55. The minimum atomic E-state index is 0.0119. The molecule has 0 spiro atoms. The van der Waals surface area contributed by atoms with Crippen LogP contribution in [0, 0.1) is 6.92 Å². The normalized spacial score (nSPS) is 10.4. The van der Waals surface area contributed by atoms with Gasteiger partial charge in [0.2, 0.25) is 0 Å². The summed E-state index contributed by atoms with van der Waals surface area (Å²) in [4.78, 5) is 14.8. The smallest absolute Gasteiger partial charge is 0.304 e. The molecule has 2 aromatic rings. The lowest BCUT2D eigenvalue weighted by Crippen LogP contribution is -1.91. The van der Waals surface area contributed by atoms with E-state index in [1.54, 1.807) is 11.3 Å². The Labute approximate surface area is 77.5 Å². The van der Waals surface area contributed by atoms with E-state index in [4.69, 9.17) is 0 Å². The molecule has 0 aliphatic rings. The van der Waals surface area contributed by atoms with Crippen LogP contribution in [0.3, 0.4) is 0 Å². The van der Waals surface area contributed by atoms with Crippen molar-refractivity contribution < 1.29 is 0 Å². The van der Waals surface area contributed by atoms with E-state index in [9.17, 15) is 4.79 Å². The number of nitrogens with one attached hydrogen (secondary N) is 1. The Morgan fingerprint density at radius 3 is 2.75 bits per heavy atom. The number of rotatable bonds is 1. The Morgan fingerprint density at radius 2 is 2.25 bits per heavy atom. The number of aryl methyl sites for hydroxylation is 1. The van der Waals surface area contributed by atoms with Crippen molar-refractivity contribution in [1.29, 1.82) is 0 Å². The van der Waals surface area contributed by atoms with Gasteiger partial charge in [-0.3, -0.25) is 4.79 Å². The van der Waals surface area contributed by atoms with Crippen molar-refractivity contribution in [3.8, 4) is 10.6 Å². The second-order valence-electron chi connectivity index (χ2n) is 2.49. The van der Waals surface area contributed by atoms with Gasteiger partial charge in [-0.15, -0.1) is 11.3 Å². The van der Waals surface area contributed by atoms with Crippen LogP contribution in [0.25, 0.3) is 10.6 Å². The first-order valence-electron chi connectivity index (χ1n) is 3.49. The van der Waals surface area contributed by atoms with Gasteiger partial charge < -0.3 is 4.98 Å². The van der Waals surface area contributed by atoms with Crippen LogP contribution < -0.4 is 4.87 Å². The Morgan fingerprint density at radius 1 is 1.42 bits per heavy atom. The minimum absolute atomic E-state index is 0.0119. The third-order valence-electron chi connectivity index (χ3n) is 1.63. The molecule has 2 heterocycles. The summed E-state index contributed by atoms with van der Waals surface area (Å²) in [6, 6.07) is 2.05. The molecule has 12 heavy (non-hydrogen) atoms. The molecule has 0 saturated carbocycles. The van der Waals surface area contributed by atoms with E-state index in [2.05, 4.69) is 11.1 Å². The quantitative estimate of drug-likeness (QED) is 0.748. The van der Waals surface area contributed by atoms with Crippen LogP contribution >= 0.6 is 22.7 Å². The van der Waals surface area contributed by atoms with Gasteiger partial charge in [-0.05, 0) is 23.9 Å². The van der Waals surface area contributed by atoms with Crippen LogP contribution in [0.1, 0.15) is 5.56 Å². The first kappa shape index (κ1) is 7.76. The monoisotopic (exact) mass is 197 g/mol. The number of thiophene rings is 1. The molecule has 0 saturated heterocycles. The highest BCUT2D eigenvalue weighted by Crippen LogP contribution is 2.27. The van der Waals surface area contributed by atoms with Gasteiger partial charge in [0, 0.05) is 5.38 Å². The molecule has 0 amide bonds. The maximum atomic E-state index is 10.9. The van der Waals surface area contributed by atoms with E-state index in [1.807, 2.05) is 17.7 Å². The average molecular weight is 197 g/mol. The maximum absolute atomic E-state index is 10.9. The highest BCUT2D eigenvalue weighted by Gasteiger charge is 2.04. The van der Waals surface area contributed by atoms with Gasteiger partial charge in [-0.2, -0.15) is 0 Å². The van der Waals surface area contributed by atoms with Gasteiger partial charge >= 0.3 is 4.87 Å². The van der Waals surface area contributed by atoms with Crippen molar-refractivity contribution in [1.82, 2.24) is 4.98 Å². The van der Waals surface area contributed by atoms with Crippen LogP contribution in [0.2, 0.25) is 0 Å². The fourth-order valence-corrected chi connectivity index (χ4v) is 2.58. The van der Waals surface area contributed by atoms with Crippen LogP contribution in [0.5, 0.6) is 0 Å². The average Bonchev–Trinajstić information content (AvgIpc) is 2.58. The predicted molar refractivity (Wildman–Crippen MR) is 53.0 cm³/mol. The third kappa shape index (κ3) is 1.23. The molecule has 0 aliphatic heterocycles. The standard InChI is InChI=1S/C8H7NOS2/c1-5-2-3-11-7(5)6-4-12-8(10)9-6/h2-4H,1H3,(H,9,10). The Balaban J connectivity index is 2.57. The fraction of sp³-hybridized carbons (Fsp3) is 0.125. The van der Waals surface area contributed by atoms with E-state index in [1.165, 1.54) is 16.9 Å². The lowest BCUT2D eigenvalue weighted by atomic mass is 10.2. The van der Waals surface area contributed by atoms with Crippen molar-refractivity contribution in [2.45, 2.75) is 6.92 Å². The number of aromatic amines is 1. The summed E-state index contributed by atoms with van der Waals surface area (Å²) in [7, 11) is 0. The SMILES string of the molecule is Cc1ccsc1-c1csc(=O)[nH]1. The first-order valence-corrected chi connectivity index (χ1v) is 5.25. The van der Waals surface area contributed by atoms with Crippen LogP contribution in [0.15, 0.2) is 21.6 Å². The van der Waals surface area contributed by atoms with E-state index in [0.717, 1.165) is 10.6 Å². The molecule has 2 nitrogen and oxygen atoms in total. The zero-order valence-electron chi connectivity index (χ0n) is 6.46. The maximum Gasteiger partial charge on any atom is 0.304 e. The van der Waals surface area contributed by atoms with Crippen molar-refractivity contribution in [2.75, 3.05) is 0 Å². The van der Waals surface area contributed by atoms with E-state index in [-0.39, 0.29) is 4.87 Å². The van der Waals surface area contributed by atoms with Gasteiger partial charge in [-0.25, -0.2) is 0 Å². The summed E-state index contributed by atoms with van der Waals surface area (Å²) in [6.45, 7) is 2.04. The summed E-state index contributed by atoms with van der Waals surface area (Å²) in [5.74, 6) is 0. The number of aromatic nitrogens is 1. The van der Waals surface area contributed by atoms with Gasteiger partial charge in [0.05, 0.1) is 10.6 Å². The zero-order valence-corrected chi connectivity index (χ0v) is 8.09. The molecule has 0 radical (unpaired) electrons. The summed E-state index contributed by atoms with van der Waals surface area (Å²) in [6.07, 6.45) is 0. The summed E-state index contributed by atoms with van der Waals surface area (Å²) in [5, 5.41) is 3.89. The highest BCUT2D eigenvalue weighted by atomic mass is 32.1. The fourth-order valence-electron chi connectivity index (χ4n) is 1.04. The van der Waals surface area contributed by atoms with Crippen molar-refractivity contribution in [2.24, 2.45) is 0 Å². The topological polar surface area (TPSA) is 32.9 Å². The molecule has 0 aliphatic carbocycles. The van der Waals surface area contributed by atoms with Crippen molar-refractivity contribution in [3.63, 3.8) is 0 Å². The second-order valence-corrected chi connectivity index (χ2v) is 4.25. The molecule has 2 aromatic heterocycles. The van der Waals surface area contributed by atoms with Crippen LogP contribution in [-0.2, 0) is 0 Å². The van der Waals surface area contributed by atoms with Gasteiger partial charge in [-0.1, -0.05) is 11.3 Å². The number of thiazole rings is 1. The molecular weight excluding hydrogens is 190 g/mol. The van der Waals surface area contributed by atoms with Crippen molar-refractivity contribution >= 4 is 22.7 Å². The molecule has 0 bridgehead atoms. The summed E-state index contributed by atoms with van der Waals surface area (Å²) < 4.78 is 0. The number of H-pyrrole nitrogens is 1. The van der Waals surface area contributed by atoms with Crippen LogP contribution in [-0.4, -0.2) is 4.98 Å². The first-order chi connectivity index (χ1) is 5.77. The number of hydrogen-bond donors (Lipinski definition) is 1. The van der Waals surface area contributed by atoms with Gasteiger partial charge in [0.25, 0.3) is 0 Å². The Hall–Kier alpha value is -0.870. The Kier molecular flexibility index (Phi) is 1.86. The molecule has 0 atom stereocenters. The molecule has 0 unspecified atom stereocenters. The third-order valence-corrected chi connectivity index (χ3v) is 3.35. The second kappa shape index (κ2) is 2.88. The minimum Gasteiger partial charge on any atom is -0.312 e. The predicted octanol–water partition coefficient (Wildman–Crippen LogP) is 2.47. The van der Waals surface area contributed by atoms with E-state index < -0.39 is 0 Å². The van der Waals surface area contributed by atoms with Crippen molar-refractivity contribution in [3.05, 3.63) is 32.1 Å². The Bertz CT molecular complexity index is 438. The molecule has 1 N–H and O–H groups in total. The molecular formula is C8H7NOS2. The van der Waals surface area contributed by atoms with Gasteiger partial charge in [0.15, 0.2) is 0 Å². The lowest BCUT2D eigenvalue weighted by Gasteiger charge is -1.91. The van der Waals surface area contributed by atoms with Gasteiger partial charge in [0.1, 0.15) is 0 Å². The number of hydrogen-bond acceptors (Lipinski definition) is 3. The molecule has 2 rings (SSSR count). The molecule has 62 valence electrons.